The third-order valence-electron chi connectivity index (χ3n) is 4.39. The number of hydrogen-bond acceptors (Lipinski definition) is 4. The second kappa shape index (κ2) is 8.21. The van der Waals surface area contributed by atoms with Crippen molar-refractivity contribution < 1.29 is 41.4 Å². The topological polar surface area (TPSA) is 81.4 Å². The number of carbonyl (C=O) groups excluding carboxylic acids is 1. The molecule has 0 aliphatic carbocycles. The minimum absolute atomic E-state index is 0.0955. The number of hydrogen-bond donors (Lipinski definition) is 1. The molecule has 0 spiro atoms. The van der Waals surface area contributed by atoms with Crippen LogP contribution in [0.5, 0.6) is 5.75 Å². The predicted molar refractivity (Wildman–Crippen MR) is 96.1 cm³/mol. The molecule has 2 aromatic rings. The van der Waals surface area contributed by atoms with Crippen LogP contribution in [0.3, 0.4) is 0 Å². The molecule has 1 N–H and O–H groups in total. The molecular weight excluding hydrogens is 439 g/mol. The maximum absolute atomic E-state index is 13.2. The summed E-state index contributed by atoms with van der Waals surface area (Å²) in [5.74, 6) is -3.48. The zero-order chi connectivity index (χ0) is 23.0. The number of rotatable bonds is 7. The highest BCUT2D eigenvalue weighted by Gasteiger charge is 2.52. The summed E-state index contributed by atoms with van der Waals surface area (Å²) >= 11 is 6.06. The molecule has 0 saturated heterocycles. The van der Waals surface area contributed by atoms with E-state index in [1.54, 1.807) is 6.92 Å². The fourth-order valence-corrected chi connectivity index (χ4v) is 2.92. The molecule has 1 aromatic carbocycles. The Kier molecular flexibility index (Phi) is 6.45. The molecule has 2 rings (SSSR count). The van der Waals surface area contributed by atoms with E-state index in [4.69, 9.17) is 11.6 Å². The normalized spacial score (nSPS) is 12.3. The van der Waals surface area contributed by atoms with E-state index in [1.165, 1.54) is 0 Å². The number of alkyl halides is 5. The molecule has 1 aromatic heterocycles. The Balaban J connectivity index is 2.70. The van der Waals surface area contributed by atoms with Crippen LogP contribution < -0.4 is 4.74 Å². The molecular formula is C18H16ClF5N2O4. The number of nitrogens with zero attached hydrogens (tertiary/aromatic N) is 2. The molecule has 0 bridgehead atoms. The molecule has 0 aliphatic heterocycles. The lowest BCUT2D eigenvalue weighted by Gasteiger charge is -2.26. The van der Waals surface area contributed by atoms with Gasteiger partial charge in [-0.1, -0.05) is 17.7 Å². The highest BCUT2D eigenvalue weighted by atomic mass is 35.5. The predicted octanol–water partition coefficient (Wildman–Crippen LogP) is 5.29. The van der Waals surface area contributed by atoms with E-state index in [0.717, 1.165) is 22.9 Å². The average molecular weight is 455 g/mol. The number of ether oxygens (including phenoxy) is 1. The summed E-state index contributed by atoms with van der Waals surface area (Å²) in [4.78, 5) is 23.7. The number of aromatic nitrogens is 2. The fraction of sp³-hybridized carbons (Fsp3) is 0.389. The van der Waals surface area contributed by atoms with Gasteiger partial charge in [0, 0.05) is 17.7 Å². The summed E-state index contributed by atoms with van der Waals surface area (Å²) in [6.45, 7) is -0.368. The van der Waals surface area contributed by atoms with Crippen molar-refractivity contribution in [2.45, 2.75) is 40.1 Å². The van der Waals surface area contributed by atoms with Crippen molar-refractivity contribution >= 4 is 23.4 Å². The number of aryl methyl sites for hydroxylation is 1. The molecule has 0 fully saturated rings. The molecule has 0 radical (unpaired) electrons. The van der Waals surface area contributed by atoms with Crippen LogP contribution in [-0.2, 0) is 6.54 Å². The van der Waals surface area contributed by atoms with Crippen molar-refractivity contribution in [3.63, 3.8) is 0 Å². The van der Waals surface area contributed by atoms with Crippen LogP contribution >= 0.6 is 11.6 Å². The lowest BCUT2D eigenvalue weighted by Crippen LogP contribution is -2.39. The molecule has 164 valence electrons. The Labute approximate surface area is 172 Å². The highest BCUT2D eigenvalue weighted by Crippen LogP contribution is 2.42. The SMILES string of the molecule is CCn1nc(C(=O)O)c(Cl)c1-c1ccc(C(=O)C(C)(C)C(F)(F)F)cc1OC(F)F. The van der Waals surface area contributed by atoms with Crippen molar-refractivity contribution in [2.24, 2.45) is 5.41 Å². The van der Waals surface area contributed by atoms with Gasteiger partial charge in [0.1, 0.15) is 16.2 Å². The van der Waals surface area contributed by atoms with Gasteiger partial charge in [0.15, 0.2) is 11.5 Å². The van der Waals surface area contributed by atoms with Crippen LogP contribution in [0, 0.1) is 5.41 Å². The van der Waals surface area contributed by atoms with E-state index in [1.807, 2.05) is 0 Å². The third-order valence-corrected chi connectivity index (χ3v) is 4.75. The number of ketones is 1. The number of halogens is 6. The van der Waals surface area contributed by atoms with Crippen LogP contribution in [0.4, 0.5) is 22.0 Å². The van der Waals surface area contributed by atoms with Crippen molar-refractivity contribution in [1.82, 2.24) is 9.78 Å². The summed E-state index contributed by atoms with van der Waals surface area (Å²) in [7, 11) is 0. The van der Waals surface area contributed by atoms with Gasteiger partial charge in [-0.15, -0.1) is 0 Å². The van der Waals surface area contributed by atoms with Crippen LogP contribution in [-0.4, -0.2) is 39.4 Å². The molecule has 0 aliphatic rings. The largest absolute Gasteiger partial charge is 0.476 e. The molecule has 0 saturated carbocycles. The molecule has 1 heterocycles. The van der Waals surface area contributed by atoms with E-state index in [-0.39, 0.29) is 22.8 Å². The van der Waals surface area contributed by atoms with Gasteiger partial charge < -0.3 is 9.84 Å². The Morgan fingerprint density at radius 1 is 1.27 bits per heavy atom. The van der Waals surface area contributed by atoms with Gasteiger partial charge in [0.2, 0.25) is 0 Å². The van der Waals surface area contributed by atoms with Crippen molar-refractivity contribution in [3.05, 3.63) is 34.5 Å². The maximum atomic E-state index is 13.2. The van der Waals surface area contributed by atoms with Crippen LogP contribution in [0.2, 0.25) is 5.02 Å². The number of carboxylic acids is 1. The molecule has 0 unspecified atom stereocenters. The lowest BCUT2D eigenvalue weighted by atomic mass is 9.83. The van der Waals surface area contributed by atoms with Gasteiger partial charge in [-0.05, 0) is 32.9 Å². The van der Waals surface area contributed by atoms with Crippen molar-refractivity contribution in [1.29, 1.82) is 0 Å². The Bertz CT molecular complexity index is 986. The van der Waals surface area contributed by atoms with Crippen LogP contribution in [0.1, 0.15) is 41.6 Å². The minimum Gasteiger partial charge on any atom is -0.476 e. The van der Waals surface area contributed by atoms with E-state index >= 15 is 0 Å². The zero-order valence-electron chi connectivity index (χ0n) is 15.9. The van der Waals surface area contributed by atoms with Gasteiger partial charge in [-0.2, -0.15) is 27.1 Å². The summed E-state index contributed by atoms with van der Waals surface area (Å²) in [5, 5.41) is 12.6. The molecule has 30 heavy (non-hydrogen) atoms. The highest BCUT2D eigenvalue weighted by molar-refractivity contribution is 6.35. The smallest absolute Gasteiger partial charge is 0.401 e. The average Bonchev–Trinajstić information content (AvgIpc) is 2.96. The standard InChI is InChI=1S/C18H16ClF5N2O4/c1-4-26-13(11(19)12(25-26)15(28)29)9-6-5-8(7-10(9)30-16(20)21)14(27)17(2,3)18(22,23)24/h5-7,16H,4H2,1-3H3,(H,28,29). The number of carboxylic acid groups (broad SMARTS) is 1. The number of aromatic carboxylic acids is 1. The number of benzene rings is 1. The number of carbonyl (C=O) groups is 2. The monoisotopic (exact) mass is 454 g/mol. The third kappa shape index (κ3) is 4.25. The molecule has 12 heteroatoms. The second-order valence-electron chi connectivity index (χ2n) is 6.67. The summed E-state index contributed by atoms with van der Waals surface area (Å²) in [6, 6.07) is 2.78. The maximum Gasteiger partial charge on any atom is 0.401 e. The van der Waals surface area contributed by atoms with Crippen LogP contribution in [0.25, 0.3) is 11.3 Å². The van der Waals surface area contributed by atoms with Gasteiger partial charge in [-0.3, -0.25) is 9.48 Å². The molecule has 0 amide bonds. The minimum atomic E-state index is -4.88. The second-order valence-corrected chi connectivity index (χ2v) is 7.05. The lowest BCUT2D eigenvalue weighted by molar-refractivity contribution is -0.192. The Morgan fingerprint density at radius 3 is 2.33 bits per heavy atom. The summed E-state index contributed by atoms with van der Waals surface area (Å²) < 4.78 is 71.0. The van der Waals surface area contributed by atoms with Crippen molar-refractivity contribution in [3.8, 4) is 17.0 Å². The number of Topliss-reactive ketones (excluding diaryl/α,β-unsaturated/α-hetero) is 1. The summed E-state index contributed by atoms with van der Waals surface area (Å²) in [5.41, 5.74) is -4.11. The van der Waals surface area contributed by atoms with Gasteiger partial charge in [0.05, 0.1) is 5.69 Å². The van der Waals surface area contributed by atoms with Gasteiger partial charge in [0.25, 0.3) is 0 Å². The first-order chi connectivity index (χ1) is 13.7. The molecule has 6 nitrogen and oxygen atoms in total. The Hall–Kier alpha value is -2.69. The van der Waals surface area contributed by atoms with E-state index in [9.17, 15) is 36.6 Å². The van der Waals surface area contributed by atoms with Crippen molar-refractivity contribution in [2.75, 3.05) is 0 Å². The zero-order valence-corrected chi connectivity index (χ0v) is 16.6. The van der Waals surface area contributed by atoms with Gasteiger partial charge >= 0.3 is 18.8 Å². The van der Waals surface area contributed by atoms with E-state index in [0.29, 0.717) is 13.8 Å². The quantitative estimate of drug-likeness (QED) is 0.454. The first-order valence-corrected chi connectivity index (χ1v) is 8.80. The first-order valence-electron chi connectivity index (χ1n) is 8.42. The summed E-state index contributed by atoms with van der Waals surface area (Å²) in [6.07, 6.45) is -4.88. The molecule has 0 atom stereocenters. The first kappa shape index (κ1) is 23.6. The van der Waals surface area contributed by atoms with Crippen LogP contribution in [0.15, 0.2) is 18.2 Å². The fourth-order valence-electron chi connectivity index (χ4n) is 2.61. The van der Waals surface area contributed by atoms with Gasteiger partial charge in [-0.25, -0.2) is 4.79 Å². The van der Waals surface area contributed by atoms with E-state index < -0.39 is 47.0 Å². The van der Waals surface area contributed by atoms with E-state index in [2.05, 4.69) is 9.84 Å². The Morgan fingerprint density at radius 2 is 1.87 bits per heavy atom.